The van der Waals surface area contributed by atoms with E-state index in [0.29, 0.717) is 0 Å². The summed E-state index contributed by atoms with van der Waals surface area (Å²) in [4.78, 5) is 9.44. The summed E-state index contributed by atoms with van der Waals surface area (Å²) in [5, 5.41) is 7.58. The molecule has 43 heavy (non-hydrogen) atoms. The van der Waals surface area contributed by atoms with Crippen LogP contribution in [0.1, 0.15) is 29.2 Å². The van der Waals surface area contributed by atoms with Crippen LogP contribution in [-0.2, 0) is 0 Å². The predicted octanol–water partition coefficient (Wildman–Crippen LogP) is 10.8. The minimum absolute atomic E-state index is 0.215. The summed E-state index contributed by atoms with van der Waals surface area (Å²) in [6.45, 7) is 2.15. The van der Waals surface area contributed by atoms with Crippen molar-refractivity contribution in [3.8, 4) is 22.3 Å². The zero-order valence-corrected chi connectivity index (χ0v) is 24.0. The van der Waals surface area contributed by atoms with E-state index in [-0.39, 0.29) is 5.92 Å². The second kappa shape index (κ2) is 10.5. The normalized spacial score (nSPS) is 14.8. The molecule has 204 valence electrons. The maximum absolute atomic E-state index is 4.90. The first-order chi connectivity index (χ1) is 21.2. The number of aryl methyl sites for hydroxylation is 1. The molecule has 2 nitrogen and oxygen atoms in total. The Balaban J connectivity index is 1.28. The molecule has 0 aliphatic carbocycles. The molecule has 0 N–H and O–H groups in total. The van der Waals surface area contributed by atoms with Gasteiger partial charge in [0.15, 0.2) is 0 Å². The fourth-order valence-corrected chi connectivity index (χ4v) is 6.61. The van der Waals surface area contributed by atoms with Crippen molar-refractivity contribution in [3.63, 3.8) is 0 Å². The molecule has 0 saturated carbocycles. The molecule has 1 atom stereocenters. The molecule has 0 spiro atoms. The van der Waals surface area contributed by atoms with Crippen molar-refractivity contribution < 1.29 is 0 Å². The lowest BCUT2D eigenvalue weighted by Gasteiger charge is -2.19. The average molecular weight is 551 g/mol. The lowest BCUT2D eigenvalue weighted by molar-refractivity contribution is 0.869. The van der Waals surface area contributed by atoms with Crippen molar-refractivity contribution in [3.05, 3.63) is 156 Å². The molecule has 0 saturated heterocycles. The topological polar surface area (TPSA) is 25.2 Å². The van der Waals surface area contributed by atoms with Crippen molar-refractivity contribution in [1.29, 1.82) is 0 Å². The summed E-state index contributed by atoms with van der Waals surface area (Å²) in [5.41, 5.74) is 9.50. The van der Waals surface area contributed by atoms with Crippen LogP contribution in [0.3, 0.4) is 0 Å². The fourth-order valence-electron chi connectivity index (χ4n) is 6.61. The van der Waals surface area contributed by atoms with E-state index in [1.54, 1.807) is 0 Å². The Morgan fingerprint density at radius 1 is 0.558 bits per heavy atom. The SMILES string of the molecule is Cc1ccc2cc(-c3c4ccccc4c(-c4cccc(C5=CCC(c6ccccn6)C=N5)c4)c4ccccc34)ccc2c1. The molecule has 8 rings (SSSR count). The first-order valence-electron chi connectivity index (χ1n) is 14.9. The minimum Gasteiger partial charge on any atom is -0.261 e. The Labute approximate surface area is 251 Å². The molecule has 0 amide bonds. The van der Waals surface area contributed by atoms with E-state index >= 15 is 0 Å². The molecule has 7 aromatic rings. The molecule has 2 heterocycles. The molecule has 1 aromatic heterocycles. The van der Waals surface area contributed by atoms with Gasteiger partial charge in [-0.1, -0.05) is 115 Å². The molecular weight excluding hydrogens is 520 g/mol. The van der Waals surface area contributed by atoms with Crippen molar-refractivity contribution in [2.75, 3.05) is 0 Å². The number of hydrogen-bond acceptors (Lipinski definition) is 2. The number of fused-ring (bicyclic) bond motifs is 3. The average Bonchev–Trinajstić information content (AvgIpc) is 3.07. The van der Waals surface area contributed by atoms with E-state index < -0.39 is 0 Å². The Morgan fingerprint density at radius 3 is 1.84 bits per heavy atom. The Morgan fingerprint density at radius 2 is 1.19 bits per heavy atom. The third kappa shape index (κ3) is 4.52. The number of aromatic nitrogens is 1. The van der Waals surface area contributed by atoms with E-state index in [1.165, 1.54) is 60.1 Å². The third-order valence-corrected chi connectivity index (χ3v) is 8.69. The van der Waals surface area contributed by atoms with Gasteiger partial charge in [-0.2, -0.15) is 0 Å². The smallest absolute Gasteiger partial charge is 0.0659 e. The van der Waals surface area contributed by atoms with Gasteiger partial charge in [-0.3, -0.25) is 9.98 Å². The van der Waals surface area contributed by atoms with Crippen LogP contribution < -0.4 is 0 Å². The highest BCUT2D eigenvalue weighted by Crippen LogP contribution is 2.44. The number of aliphatic imine (C=N–C) groups is 1. The molecule has 0 radical (unpaired) electrons. The van der Waals surface area contributed by atoms with Crippen LogP contribution in [0.25, 0.3) is 60.3 Å². The fraction of sp³-hybridized carbons (Fsp3) is 0.0732. The van der Waals surface area contributed by atoms with E-state index in [9.17, 15) is 0 Å². The molecule has 6 aromatic carbocycles. The van der Waals surface area contributed by atoms with Gasteiger partial charge in [0, 0.05) is 29.6 Å². The van der Waals surface area contributed by atoms with Gasteiger partial charge in [0.25, 0.3) is 0 Å². The quantitative estimate of drug-likeness (QED) is 0.200. The molecule has 0 fully saturated rings. The Bertz CT molecular complexity index is 2170. The maximum atomic E-state index is 4.90. The maximum Gasteiger partial charge on any atom is 0.0659 e. The lowest BCUT2D eigenvalue weighted by Crippen LogP contribution is -2.05. The van der Waals surface area contributed by atoms with Crippen LogP contribution in [0.15, 0.2) is 145 Å². The second-order valence-electron chi connectivity index (χ2n) is 11.5. The highest BCUT2D eigenvalue weighted by molar-refractivity contribution is 6.21. The van der Waals surface area contributed by atoms with Crippen LogP contribution in [-0.4, -0.2) is 11.2 Å². The third-order valence-electron chi connectivity index (χ3n) is 8.69. The van der Waals surface area contributed by atoms with E-state index in [4.69, 9.17) is 4.99 Å². The Kier molecular flexibility index (Phi) is 6.19. The lowest BCUT2D eigenvalue weighted by atomic mass is 9.85. The van der Waals surface area contributed by atoms with E-state index in [2.05, 4.69) is 139 Å². The summed E-state index contributed by atoms with van der Waals surface area (Å²) in [6.07, 6.45) is 7.05. The molecule has 2 heteroatoms. The van der Waals surface area contributed by atoms with Gasteiger partial charge in [0.1, 0.15) is 0 Å². The standard InChI is InChI=1S/C41H30N2/c1-27-16-17-29-24-32(19-18-28(29)23-27)41-36-13-4-2-11-34(36)40(35-12-3-5-14-37(35)41)31-10-8-9-30(25-31)39-21-20-33(26-43-39)38-15-6-7-22-42-38/h2-19,21-26,33H,20H2,1H3. The number of allylic oxidation sites excluding steroid dienone is 1. The number of pyridine rings is 1. The van der Waals surface area contributed by atoms with Crippen molar-refractivity contribution in [1.82, 2.24) is 4.98 Å². The summed E-state index contributed by atoms with van der Waals surface area (Å²) in [5.74, 6) is 0.215. The van der Waals surface area contributed by atoms with Gasteiger partial charge < -0.3 is 0 Å². The summed E-state index contributed by atoms with van der Waals surface area (Å²) in [6, 6.07) is 46.2. The van der Waals surface area contributed by atoms with Crippen molar-refractivity contribution >= 4 is 44.2 Å². The summed E-state index contributed by atoms with van der Waals surface area (Å²) >= 11 is 0. The van der Waals surface area contributed by atoms with Gasteiger partial charge in [0.2, 0.25) is 0 Å². The highest BCUT2D eigenvalue weighted by atomic mass is 14.8. The zero-order chi connectivity index (χ0) is 28.8. The largest absolute Gasteiger partial charge is 0.261 e. The summed E-state index contributed by atoms with van der Waals surface area (Å²) in [7, 11) is 0. The molecular formula is C41H30N2. The molecule has 0 bridgehead atoms. The molecule has 1 unspecified atom stereocenters. The zero-order valence-electron chi connectivity index (χ0n) is 24.0. The second-order valence-corrected chi connectivity index (χ2v) is 11.5. The Hall–Kier alpha value is -5.34. The number of hydrogen-bond donors (Lipinski definition) is 0. The molecule has 1 aliphatic rings. The van der Waals surface area contributed by atoms with Crippen LogP contribution >= 0.6 is 0 Å². The van der Waals surface area contributed by atoms with Crippen LogP contribution in [0, 0.1) is 6.92 Å². The van der Waals surface area contributed by atoms with Gasteiger partial charge in [-0.15, -0.1) is 0 Å². The number of nitrogens with zero attached hydrogens (tertiary/aromatic N) is 2. The van der Waals surface area contributed by atoms with Gasteiger partial charge in [-0.25, -0.2) is 0 Å². The van der Waals surface area contributed by atoms with Gasteiger partial charge in [0.05, 0.1) is 5.70 Å². The van der Waals surface area contributed by atoms with Crippen LogP contribution in [0.2, 0.25) is 0 Å². The number of rotatable bonds is 4. The monoisotopic (exact) mass is 550 g/mol. The van der Waals surface area contributed by atoms with Crippen LogP contribution in [0.5, 0.6) is 0 Å². The van der Waals surface area contributed by atoms with Crippen molar-refractivity contribution in [2.45, 2.75) is 19.3 Å². The van der Waals surface area contributed by atoms with E-state index in [0.717, 1.165) is 23.4 Å². The first-order valence-corrected chi connectivity index (χ1v) is 14.9. The predicted molar refractivity (Wildman–Crippen MR) is 183 cm³/mol. The van der Waals surface area contributed by atoms with Gasteiger partial charge in [-0.05, 0) is 92.2 Å². The van der Waals surface area contributed by atoms with Crippen molar-refractivity contribution in [2.24, 2.45) is 4.99 Å². The number of benzene rings is 6. The highest BCUT2D eigenvalue weighted by Gasteiger charge is 2.18. The summed E-state index contributed by atoms with van der Waals surface area (Å²) < 4.78 is 0. The van der Waals surface area contributed by atoms with Gasteiger partial charge >= 0.3 is 0 Å². The van der Waals surface area contributed by atoms with E-state index in [1.807, 2.05) is 18.3 Å². The molecule has 1 aliphatic heterocycles. The first kappa shape index (κ1) is 25.4. The van der Waals surface area contributed by atoms with Crippen LogP contribution in [0.4, 0.5) is 0 Å². The minimum atomic E-state index is 0.215.